The highest BCUT2D eigenvalue weighted by molar-refractivity contribution is 5.85. The van der Waals surface area contributed by atoms with Gasteiger partial charge in [0, 0.05) is 13.2 Å². The number of halogens is 3. The average Bonchev–Trinajstić information content (AvgIpc) is 3.01. The summed E-state index contributed by atoms with van der Waals surface area (Å²) in [5, 5.41) is 13.2. The molecule has 0 fully saturated rings. The van der Waals surface area contributed by atoms with E-state index in [-0.39, 0.29) is 23.0 Å². The molecule has 0 aliphatic heterocycles. The zero-order valence-corrected chi connectivity index (χ0v) is 13.2. The van der Waals surface area contributed by atoms with E-state index in [0.29, 0.717) is 5.69 Å². The summed E-state index contributed by atoms with van der Waals surface area (Å²) in [5.41, 5.74) is -0.761. The molecule has 2 aromatic heterocycles. The molecule has 3 aromatic rings. The fourth-order valence-corrected chi connectivity index (χ4v) is 2.09. The van der Waals surface area contributed by atoms with Crippen LogP contribution in [-0.4, -0.2) is 30.8 Å². The number of carbonyl (C=O) groups is 1. The second kappa shape index (κ2) is 6.47. The van der Waals surface area contributed by atoms with Gasteiger partial charge in [-0.1, -0.05) is 0 Å². The van der Waals surface area contributed by atoms with Gasteiger partial charge in [-0.15, -0.1) is 0 Å². The predicted molar refractivity (Wildman–Crippen MR) is 82.7 cm³/mol. The number of ether oxygens (including phenoxy) is 1. The van der Waals surface area contributed by atoms with E-state index in [2.05, 4.69) is 15.1 Å². The van der Waals surface area contributed by atoms with E-state index >= 15 is 0 Å². The molecule has 10 heteroatoms. The minimum Gasteiger partial charge on any atom is -0.476 e. The van der Waals surface area contributed by atoms with Crippen molar-refractivity contribution in [2.45, 2.75) is 6.18 Å². The molecule has 0 unspecified atom stereocenters. The van der Waals surface area contributed by atoms with Gasteiger partial charge in [-0.2, -0.15) is 18.3 Å². The van der Waals surface area contributed by atoms with Crippen molar-refractivity contribution < 1.29 is 27.8 Å². The molecular weight excluding hydrogens is 353 g/mol. The van der Waals surface area contributed by atoms with Gasteiger partial charge in [-0.3, -0.25) is 4.68 Å². The van der Waals surface area contributed by atoms with Crippen LogP contribution in [0.25, 0.3) is 11.4 Å². The third-order valence-corrected chi connectivity index (χ3v) is 3.31. The summed E-state index contributed by atoms with van der Waals surface area (Å²) in [7, 11) is 1.66. The number of hydrogen-bond donors (Lipinski definition) is 1. The molecule has 7 nitrogen and oxygen atoms in total. The van der Waals surface area contributed by atoms with E-state index in [1.54, 1.807) is 19.3 Å². The molecule has 0 radical (unpaired) electrons. The van der Waals surface area contributed by atoms with E-state index in [4.69, 9.17) is 9.84 Å². The van der Waals surface area contributed by atoms with Crippen molar-refractivity contribution >= 4 is 5.97 Å². The van der Waals surface area contributed by atoms with Gasteiger partial charge in [0.2, 0.25) is 5.88 Å². The minimum absolute atomic E-state index is 0.0606. The molecule has 2 heterocycles. The standard InChI is InChI=1S/C16H11F3N4O3/c1-23-7-6-11(22-23)13-14(20-8-12(21-13)15(24)25)26-10-4-2-9(3-5-10)16(17,18)19/h2-8H,1H3,(H,24,25). The van der Waals surface area contributed by atoms with Gasteiger partial charge in [0.05, 0.1) is 11.8 Å². The normalized spacial score (nSPS) is 11.4. The molecule has 0 bridgehead atoms. The molecule has 0 saturated carbocycles. The number of alkyl halides is 3. The van der Waals surface area contributed by atoms with Crippen molar-refractivity contribution in [1.82, 2.24) is 19.7 Å². The Morgan fingerprint density at radius 3 is 2.42 bits per heavy atom. The number of rotatable bonds is 4. The van der Waals surface area contributed by atoms with Crippen LogP contribution < -0.4 is 4.74 Å². The van der Waals surface area contributed by atoms with Crippen molar-refractivity contribution in [1.29, 1.82) is 0 Å². The highest BCUT2D eigenvalue weighted by atomic mass is 19.4. The number of aromatic carboxylic acids is 1. The molecular formula is C16H11F3N4O3. The first-order valence-corrected chi connectivity index (χ1v) is 7.19. The summed E-state index contributed by atoms with van der Waals surface area (Å²) in [4.78, 5) is 19.0. The lowest BCUT2D eigenvalue weighted by Gasteiger charge is -2.10. The lowest BCUT2D eigenvalue weighted by Crippen LogP contribution is -2.06. The van der Waals surface area contributed by atoms with Crippen molar-refractivity contribution in [3.8, 4) is 23.0 Å². The van der Waals surface area contributed by atoms with Gasteiger partial charge in [0.25, 0.3) is 0 Å². The third-order valence-electron chi connectivity index (χ3n) is 3.31. The van der Waals surface area contributed by atoms with Crippen LogP contribution in [-0.2, 0) is 13.2 Å². The number of aryl methyl sites for hydroxylation is 1. The van der Waals surface area contributed by atoms with Gasteiger partial charge in [-0.05, 0) is 30.3 Å². The molecule has 26 heavy (non-hydrogen) atoms. The Morgan fingerprint density at radius 1 is 1.19 bits per heavy atom. The fraction of sp³-hybridized carbons (Fsp3) is 0.125. The predicted octanol–water partition coefficient (Wildman–Crippen LogP) is 3.39. The zero-order chi connectivity index (χ0) is 18.9. The summed E-state index contributed by atoms with van der Waals surface area (Å²) in [6.07, 6.45) is -1.85. The van der Waals surface area contributed by atoms with Crippen molar-refractivity contribution in [2.24, 2.45) is 7.05 Å². The summed E-state index contributed by atoms with van der Waals surface area (Å²) in [6.45, 7) is 0. The van der Waals surface area contributed by atoms with Crippen LogP contribution in [0.2, 0.25) is 0 Å². The second-order valence-corrected chi connectivity index (χ2v) is 5.21. The van der Waals surface area contributed by atoms with Crippen LogP contribution in [0.15, 0.2) is 42.7 Å². The van der Waals surface area contributed by atoms with Crippen molar-refractivity contribution in [3.63, 3.8) is 0 Å². The minimum atomic E-state index is -4.46. The summed E-state index contributed by atoms with van der Waals surface area (Å²) in [5.74, 6) is -1.27. The first-order chi connectivity index (χ1) is 12.2. The molecule has 1 N–H and O–H groups in total. The number of aromatic nitrogens is 4. The van der Waals surface area contributed by atoms with E-state index in [9.17, 15) is 18.0 Å². The Hall–Kier alpha value is -3.43. The second-order valence-electron chi connectivity index (χ2n) is 5.21. The van der Waals surface area contributed by atoms with Crippen molar-refractivity contribution in [2.75, 3.05) is 0 Å². The Labute approximate surface area is 144 Å². The van der Waals surface area contributed by atoms with Crippen LogP contribution in [0.5, 0.6) is 11.6 Å². The molecule has 0 amide bonds. The number of carboxylic acids is 1. The molecule has 0 saturated heterocycles. The molecule has 0 spiro atoms. The largest absolute Gasteiger partial charge is 0.476 e. The van der Waals surface area contributed by atoms with Crippen LogP contribution in [0.3, 0.4) is 0 Å². The van der Waals surface area contributed by atoms with Gasteiger partial charge >= 0.3 is 12.1 Å². The Bertz CT molecular complexity index is 952. The fourth-order valence-electron chi connectivity index (χ4n) is 2.09. The zero-order valence-electron chi connectivity index (χ0n) is 13.2. The van der Waals surface area contributed by atoms with E-state index in [1.807, 2.05) is 0 Å². The van der Waals surface area contributed by atoms with Gasteiger partial charge in [0.15, 0.2) is 11.4 Å². The molecule has 0 aliphatic rings. The van der Waals surface area contributed by atoms with E-state index in [0.717, 1.165) is 30.5 Å². The highest BCUT2D eigenvalue weighted by Crippen LogP contribution is 2.33. The molecule has 0 aliphatic carbocycles. The summed E-state index contributed by atoms with van der Waals surface area (Å²) in [6, 6.07) is 5.59. The monoisotopic (exact) mass is 364 g/mol. The number of benzene rings is 1. The van der Waals surface area contributed by atoms with Gasteiger partial charge < -0.3 is 9.84 Å². The number of carboxylic acid groups (broad SMARTS) is 1. The summed E-state index contributed by atoms with van der Waals surface area (Å²) < 4.78 is 44.8. The molecule has 3 rings (SSSR count). The Morgan fingerprint density at radius 2 is 1.88 bits per heavy atom. The lowest BCUT2D eigenvalue weighted by atomic mass is 10.2. The molecule has 1 aromatic carbocycles. The van der Waals surface area contributed by atoms with E-state index < -0.39 is 17.7 Å². The first kappa shape index (κ1) is 17.4. The smallest absolute Gasteiger partial charge is 0.416 e. The Kier molecular flexibility index (Phi) is 4.33. The topological polar surface area (TPSA) is 90.1 Å². The Balaban J connectivity index is 1.98. The van der Waals surface area contributed by atoms with Crippen LogP contribution >= 0.6 is 0 Å². The lowest BCUT2D eigenvalue weighted by molar-refractivity contribution is -0.137. The maximum Gasteiger partial charge on any atom is 0.416 e. The van der Waals surface area contributed by atoms with Gasteiger partial charge in [0.1, 0.15) is 11.4 Å². The molecule has 134 valence electrons. The maximum absolute atomic E-state index is 12.6. The number of nitrogens with zero attached hydrogens (tertiary/aromatic N) is 4. The van der Waals surface area contributed by atoms with Gasteiger partial charge in [-0.25, -0.2) is 14.8 Å². The molecule has 0 atom stereocenters. The summed E-state index contributed by atoms with van der Waals surface area (Å²) >= 11 is 0. The highest BCUT2D eigenvalue weighted by Gasteiger charge is 2.30. The number of hydrogen-bond acceptors (Lipinski definition) is 5. The quantitative estimate of drug-likeness (QED) is 0.763. The van der Waals surface area contributed by atoms with E-state index in [1.165, 1.54) is 4.68 Å². The first-order valence-electron chi connectivity index (χ1n) is 7.19. The SMILES string of the molecule is Cn1ccc(-c2nc(C(=O)O)cnc2Oc2ccc(C(F)(F)F)cc2)n1. The van der Waals surface area contributed by atoms with Crippen molar-refractivity contribution in [3.05, 3.63) is 54.0 Å². The third kappa shape index (κ3) is 3.63. The maximum atomic E-state index is 12.6. The van der Waals surface area contributed by atoms with Crippen LogP contribution in [0.4, 0.5) is 13.2 Å². The van der Waals surface area contributed by atoms with Crippen LogP contribution in [0.1, 0.15) is 16.1 Å². The van der Waals surface area contributed by atoms with Crippen LogP contribution in [0, 0.1) is 0 Å². The average molecular weight is 364 g/mol.